The Morgan fingerprint density at radius 2 is 2.04 bits per heavy atom. The minimum absolute atomic E-state index is 0.103. The molecular formula is C16H17F3N4O. The summed E-state index contributed by atoms with van der Waals surface area (Å²) in [7, 11) is 0. The van der Waals surface area contributed by atoms with Gasteiger partial charge in [0, 0.05) is 25.0 Å². The largest absolute Gasteiger partial charge is 0.486 e. The minimum Gasteiger partial charge on any atom is -0.486 e. The van der Waals surface area contributed by atoms with Crippen LogP contribution in [0.1, 0.15) is 30.1 Å². The van der Waals surface area contributed by atoms with Gasteiger partial charge in [0.2, 0.25) is 0 Å². The fourth-order valence-corrected chi connectivity index (χ4v) is 3.40. The van der Waals surface area contributed by atoms with Crippen molar-refractivity contribution in [1.82, 2.24) is 20.1 Å². The van der Waals surface area contributed by atoms with Gasteiger partial charge in [-0.15, -0.1) is 10.2 Å². The number of fused-ring (bicyclic) bond motifs is 3. The molecule has 1 fully saturated rings. The number of alkyl halides is 3. The van der Waals surface area contributed by atoms with E-state index in [0.29, 0.717) is 17.9 Å². The molecule has 8 heteroatoms. The molecule has 2 aliphatic heterocycles. The monoisotopic (exact) mass is 338 g/mol. The van der Waals surface area contributed by atoms with Crippen molar-refractivity contribution in [1.29, 1.82) is 0 Å². The van der Waals surface area contributed by atoms with Gasteiger partial charge in [-0.3, -0.25) is 0 Å². The molecule has 5 nitrogen and oxygen atoms in total. The van der Waals surface area contributed by atoms with Crippen LogP contribution < -0.4 is 10.1 Å². The maximum Gasteiger partial charge on any atom is 0.416 e. The number of nitrogens with zero attached hydrogens (tertiary/aromatic N) is 3. The minimum atomic E-state index is -4.38. The lowest BCUT2D eigenvalue weighted by molar-refractivity contribution is -0.137. The SMILES string of the molecule is FC(F)(F)c1cccc(OCc2nnc3n2CC2CCC(C3)N2)c1. The molecule has 0 saturated carbocycles. The molecule has 4 rings (SSSR count). The Labute approximate surface area is 136 Å². The number of ether oxygens (including phenoxy) is 1. The first-order chi connectivity index (χ1) is 11.5. The van der Waals surface area contributed by atoms with Crippen LogP contribution in [-0.4, -0.2) is 26.8 Å². The van der Waals surface area contributed by atoms with Crippen LogP contribution in [-0.2, 0) is 25.7 Å². The second kappa shape index (κ2) is 5.77. The molecule has 0 aliphatic carbocycles. The van der Waals surface area contributed by atoms with Crippen LogP contribution >= 0.6 is 0 Å². The second-order valence-corrected chi connectivity index (χ2v) is 6.30. The molecule has 2 aromatic rings. The van der Waals surface area contributed by atoms with Crippen LogP contribution in [0.3, 0.4) is 0 Å². The zero-order valence-electron chi connectivity index (χ0n) is 12.9. The predicted octanol–water partition coefficient (Wildman–Crippen LogP) is 2.55. The van der Waals surface area contributed by atoms with Crippen LogP contribution in [0.4, 0.5) is 13.2 Å². The Morgan fingerprint density at radius 3 is 2.88 bits per heavy atom. The van der Waals surface area contributed by atoms with Crippen LogP contribution in [0.15, 0.2) is 24.3 Å². The van der Waals surface area contributed by atoms with Crippen LogP contribution in [0.2, 0.25) is 0 Å². The quantitative estimate of drug-likeness (QED) is 0.935. The van der Waals surface area contributed by atoms with Gasteiger partial charge in [-0.1, -0.05) is 6.07 Å². The van der Waals surface area contributed by atoms with Gasteiger partial charge in [0.1, 0.15) is 18.2 Å². The fraction of sp³-hybridized carbons (Fsp3) is 0.500. The van der Waals surface area contributed by atoms with Crippen molar-refractivity contribution >= 4 is 0 Å². The molecule has 2 bridgehead atoms. The van der Waals surface area contributed by atoms with Gasteiger partial charge in [0.15, 0.2) is 5.82 Å². The van der Waals surface area contributed by atoms with E-state index in [9.17, 15) is 13.2 Å². The van der Waals surface area contributed by atoms with Gasteiger partial charge in [-0.25, -0.2) is 0 Å². The summed E-state index contributed by atoms with van der Waals surface area (Å²) in [6.07, 6.45) is -1.28. The first-order valence-corrected chi connectivity index (χ1v) is 7.96. The van der Waals surface area contributed by atoms with E-state index in [1.165, 1.54) is 12.1 Å². The highest BCUT2D eigenvalue weighted by molar-refractivity contribution is 5.30. The Hall–Kier alpha value is -2.09. The van der Waals surface area contributed by atoms with E-state index < -0.39 is 11.7 Å². The van der Waals surface area contributed by atoms with Gasteiger partial charge in [0.25, 0.3) is 0 Å². The molecule has 2 aliphatic rings. The number of hydrogen-bond acceptors (Lipinski definition) is 4. The maximum absolute atomic E-state index is 12.7. The highest BCUT2D eigenvalue weighted by Gasteiger charge is 2.32. The van der Waals surface area contributed by atoms with E-state index in [1.54, 1.807) is 0 Å². The summed E-state index contributed by atoms with van der Waals surface area (Å²) in [5, 5.41) is 11.9. The molecule has 0 spiro atoms. The number of rotatable bonds is 3. The van der Waals surface area contributed by atoms with Crippen molar-refractivity contribution in [2.75, 3.05) is 0 Å². The van der Waals surface area contributed by atoms with Gasteiger partial charge in [-0.2, -0.15) is 13.2 Å². The molecule has 2 unspecified atom stereocenters. The number of benzene rings is 1. The molecule has 0 radical (unpaired) electrons. The van der Waals surface area contributed by atoms with Crippen LogP contribution in [0.25, 0.3) is 0 Å². The lowest BCUT2D eigenvalue weighted by Gasteiger charge is -2.14. The number of aromatic nitrogens is 3. The topological polar surface area (TPSA) is 52.0 Å². The molecule has 1 saturated heterocycles. The molecule has 128 valence electrons. The average molecular weight is 338 g/mol. The maximum atomic E-state index is 12.7. The Balaban J connectivity index is 1.50. The molecule has 1 N–H and O–H groups in total. The van der Waals surface area contributed by atoms with Crippen LogP contribution in [0.5, 0.6) is 5.75 Å². The van der Waals surface area contributed by atoms with Crippen molar-refractivity contribution in [2.24, 2.45) is 0 Å². The first-order valence-electron chi connectivity index (χ1n) is 7.96. The highest BCUT2D eigenvalue weighted by Crippen LogP contribution is 2.31. The van der Waals surface area contributed by atoms with E-state index >= 15 is 0 Å². The first kappa shape index (κ1) is 15.4. The Morgan fingerprint density at radius 1 is 1.21 bits per heavy atom. The van der Waals surface area contributed by atoms with E-state index in [-0.39, 0.29) is 12.4 Å². The van der Waals surface area contributed by atoms with E-state index in [4.69, 9.17) is 4.74 Å². The van der Waals surface area contributed by atoms with Crippen molar-refractivity contribution in [3.8, 4) is 5.75 Å². The van der Waals surface area contributed by atoms with E-state index in [2.05, 4.69) is 15.5 Å². The van der Waals surface area contributed by atoms with E-state index in [1.807, 2.05) is 4.57 Å². The molecule has 3 heterocycles. The van der Waals surface area contributed by atoms with Gasteiger partial charge < -0.3 is 14.6 Å². The van der Waals surface area contributed by atoms with E-state index in [0.717, 1.165) is 43.8 Å². The predicted molar refractivity (Wildman–Crippen MR) is 79.4 cm³/mol. The third-order valence-electron chi connectivity index (χ3n) is 4.60. The third-order valence-corrected chi connectivity index (χ3v) is 4.60. The van der Waals surface area contributed by atoms with Gasteiger partial charge in [-0.05, 0) is 31.0 Å². The molecule has 0 amide bonds. The summed E-state index contributed by atoms with van der Waals surface area (Å²) in [4.78, 5) is 0. The smallest absolute Gasteiger partial charge is 0.416 e. The highest BCUT2D eigenvalue weighted by atomic mass is 19.4. The number of halogens is 3. The molecule has 1 aromatic heterocycles. The summed E-state index contributed by atoms with van der Waals surface area (Å²) in [6, 6.07) is 5.73. The van der Waals surface area contributed by atoms with Crippen molar-refractivity contribution in [2.45, 2.75) is 50.7 Å². The molecule has 24 heavy (non-hydrogen) atoms. The van der Waals surface area contributed by atoms with Crippen molar-refractivity contribution < 1.29 is 17.9 Å². The molecule has 2 atom stereocenters. The summed E-state index contributed by atoms with van der Waals surface area (Å²) >= 11 is 0. The lowest BCUT2D eigenvalue weighted by atomic mass is 10.1. The molecule has 1 aromatic carbocycles. The standard InChI is InChI=1S/C16H17F3N4O/c17-16(18,19)10-2-1-3-13(6-10)24-9-15-22-21-14-7-11-4-5-12(20-11)8-23(14)15/h1-3,6,11-12,20H,4-5,7-9H2. The van der Waals surface area contributed by atoms with Crippen molar-refractivity contribution in [3.05, 3.63) is 41.5 Å². The number of nitrogens with one attached hydrogen (secondary N) is 1. The number of hydrogen-bond donors (Lipinski definition) is 1. The van der Waals surface area contributed by atoms with Crippen molar-refractivity contribution in [3.63, 3.8) is 0 Å². The average Bonchev–Trinajstić information content (AvgIpc) is 3.07. The Kier molecular flexibility index (Phi) is 3.71. The van der Waals surface area contributed by atoms with Gasteiger partial charge >= 0.3 is 6.18 Å². The summed E-state index contributed by atoms with van der Waals surface area (Å²) in [6.45, 7) is 0.881. The summed E-state index contributed by atoms with van der Waals surface area (Å²) < 4.78 is 45.8. The summed E-state index contributed by atoms with van der Waals surface area (Å²) in [5.41, 5.74) is -0.721. The van der Waals surface area contributed by atoms with Crippen LogP contribution in [0, 0.1) is 0 Å². The Bertz CT molecular complexity index is 743. The zero-order valence-corrected chi connectivity index (χ0v) is 12.9. The third kappa shape index (κ3) is 2.98. The fourth-order valence-electron chi connectivity index (χ4n) is 3.40. The molecular weight excluding hydrogens is 321 g/mol. The normalized spacial score (nSPS) is 23.0. The summed E-state index contributed by atoms with van der Waals surface area (Å²) in [5.74, 6) is 1.74. The second-order valence-electron chi connectivity index (χ2n) is 6.30. The lowest BCUT2D eigenvalue weighted by Crippen LogP contribution is -2.30. The van der Waals surface area contributed by atoms with Gasteiger partial charge in [0.05, 0.1) is 5.56 Å². The zero-order chi connectivity index (χ0) is 16.7.